The van der Waals surface area contributed by atoms with Crippen LogP contribution in [0, 0.1) is 0 Å². The first kappa shape index (κ1) is 11.1. The summed E-state index contributed by atoms with van der Waals surface area (Å²) in [5.41, 5.74) is 3.45. The molecule has 2 aromatic carbocycles. The van der Waals surface area contributed by atoms with Gasteiger partial charge >= 0.3 is 0 Å². The van der Waals surface area contributed by atoms with Crippen molar-refractivity contribution in [2.24, 2.45) is 4.99 Å². The molecule has 1 aliphatic rings. The topological polar surface area (TPSA) is 12.4 Å². The lowest BCUT2D eigenvalue weighted by atomic mass is 10.1. The van der Waals surface area contributed by atoms with Crippen LogP contribution >= 0.6 is 27.7 Å². The van der Waals surface area contributed by atoms with Gasteiger partial charge in [-0.15, -0.1) is 11.8 Å². The highest BCUT2D eigenvalue weighted by molar-refractivity contribution is 9.10. The molecule has 0 bridgehead atoms. The lowest BCUT2D eigenvalue weighted by Crippen LogP contribution is -2.07. The van der Waals surface area contributed by atoms with E-state index < -0.39 is 0 Å². The predicted molar refractivity (Wildman–Crippen MR) is 77.5 cm³/mol. The maximum Gasteiger partial charge on any atom is 0.0770 e. The molecule has 0 unspecified atom stereocenters. The van der Waals surface area contributed by atoms with Crippen molar-refractivity contribution in [2.45, 2.75) is 4.90 Å². The van der Waals surface area contributed by atoms with Crippen LogP contribution in [0.3, 0.4) is 0 Å². The number of hydrogen-bond donors (Lipinski definition) is 0. The Bertz CT molecular complexity index is 578. The minimum atomic E-state index is 0.938. The molecular weight excluding hydrogens is 294 g/mol. The Hall–Kier alpha value is -1.06. The van der Waals surface area contributed by atoms with Gasteiger partial charge in [-0.3, -0.25) is 4.99 Å². The van der Waals surface area contributed by atoms with Crippen LogP contribution in [0.15, 0.2) is 62.9 Å². The highest BCUT2D eigenvalue weighted by atomic mass is 79.9. The van der Waals surface area contributed by atoms with Crippen molar-refractivity contribution in [3.05, 3.63) is 58.6 Å². The number of hydrogen-bond acceptors (Lipinski definition) is 2. The van der Waals surface area contributed by atoms with Gasteiger partial charge in [-0.1, -0.05) is 46.3 Å². The van der Waals surface area contributed by atoms with Crippen LogP contribution in [-0.4, -0.2) is 11.5 Å². The molecule has 84 valence electrons. The van der Waals surface area contributed by atoms with Gasteiger partial charge in [0.25, 0.3) is 0 Å². The second-order valence-electron chi connectivity index (χ2n) is 3.83. The molecule has 0 fully saturated rings. The van der Waals surface area contributed by atoms with Crippen LogP contribution in [0.25, 0.3) is 0 Å². The van der Waals surface area contributed by atoms with Gasteiger partial charge < -0.3 is 0 Å². The van der Waals surface area contributed by atoms with Crippen molar-refractivity contribution in [2.75, 3.05) is 5.75 Å². The third-order valence-corrected chi connectivity index (χ3v) is 4.20. The van der Waals surface area contributed by atoms with Gasteiger partial charge in [0.2, 0.25) is 0 Å². The van der Waals surface area contributed by atoms with Gasteiger partial charge in [0, 0.05) is 15.1 Å². The normalized spacial score (nSPS) is 14.1. The quantitative estimate of drug-likeness (QED) is 0.745. The van der Waals surface area contributed by atoms with Crippen LogP contribution < -0.4 is 0 Å². The SMILES string of the molecule is Brc1ccc2c(c1)SCC(c1ccccc1)=N2. The molecule has 0 N–H and O–H groups in total. The Labute approximate surface area is 113 Å². The summed E-state index contributed by atoms with van der Waals surface area (Å²) in [6, 6.07) is 16.6. The number of thioether (sulfide) groups is 1. The number of benzene rings is 2. The molecule has 0 saturated carbocycles. The highest BCUT2D eigenvalue weighted by Gasteiger charge is 2.13. The van der Waals surface area contributed by atoms with E-state index in [-0.39, 0.29) is 0 Å². The summed E-state index contributed by atoms with van der Waals surface area (Å²) < 4.78 is 1.11. The van der Waals surface area contributed by atoms with Crippen LogP contribution in [0.4, 0.5) is 5.69 Å². The summed E-state index contributed by atoms with van der Waals surface area (Å²) in [7, 11) is 0. The Morgan fingerprint density at radius 1 is 1.06 bits per heavy atom. The van der Waals surface area contributed by atoms with E-state index in [1.165, 1.54) is 10.5 Å². The number of aliphatic imine (C=N–C) groups is 1. The van der Waals surface area contributed by atoms with Crippen molar-refractivity contribution in [1.82, 2.24) is 0 Å². The largest absolute Gasteiger partial charge is 0.251 e. The maximum atomic E-state index is 4.73. The third-order valence-electron chi connectivity index (χ3n) is 2.65. The molecule has 2 aromatic rings. The Kier molecular flexibility index (Phi) is 3.04. The zero-order valence-corrected chi connectivity index (χ0v) is 11.5. The molecule has 17 heavy (non-hydrogen) atoms. The summed E-state index contributed by atoms with van der Waals surface area (Å²) in [5, 5.41) is 0. The molecule has 1 aliphatic heterocycles. The summed E-state index contributed by atoms with van der Waals surface area (Å²) in [5.74, 6) is 0.938. The average Bonchev–Trinajstić information content (AvgIpc) is 2.39. The molecule has 3 heteroatoms. The summed E-state index contributed by atoms with van der Waals surface area (Å²) in [4.78, 5) is 5.98. The summed E-state index contributed by atoms with van der Waals surface area (Å²) in [6.07, 6.45) is 0. The molecule has 1 heterocycles. The highest BCUT2D eigenvalue weighted by Crippen LogP contribution is 2.36. The molecule has 0 atom stereocenters. The lowest BCUT2D eigenvalue weighted by molar-refractivity contribution is 1.33. The van der Waals surface area contributed by atoms with Gasteiger partial charge in [-0.25, -0.2) is 0 Å². The van der Waals surface area contributed by atoms with Crippen LogP contribution in [0.1, 0.15) is 5.56 Å². The molecule has 0 radical (unpaired) electrons. The maximum absolute atomic E-state index is 4.73. The van der Waals surface area contributed by atoms with Gasteiger partial charge in [-0.2, -0.15) is 0 Å². The summed E-state index contributed by atoms with van der Waals surface area (Å²) >= 11 is 5.33. The molecule has 1 nitrogen and oxygen atoms in total. The van der Waals surface area contributed by atoms with E-state index in [1.54, 1.807) is 0 Å². The summed E-state index contributed by atoms with van der Waals surface area (Å²) in [6.45, 7) is 0. The molecule has 0 amide bonds. The minimum Gasteiger partial charge on any atom is -0.251 e. The van der Waals surface area contributed by atoms with E-state index in [2.05, 4.69) is 52.3 Å². The van der Waals surface area contributed by atoms with Crippen molar-refractivity contribution in [3.63, 3.8) is 0 Å². The second kappa shape index (κ2) is 4.67. The van der Waals surface area contributed by atoms with Crippen molar-refractivity contribution < 1.29 is 0 Å². The Balaban J connectivity index is 2.03. The van der Waals surface area contributed by atoms with E-state index in [0.29, 0.717) is 0 Å². The number of fused-ring (bicyclic) bond motifs is 1. The van der Waals surface area contributed by atoms with Crippen LogP contribution in [0.5, 0.6) is 0 Å². The van der Waals surface area contributed by atoms with Gasteiger partial charge in [0.15, 0.2) is 0 Å². The van der Waals surface area contributed by atoms with Crippen LogP contribution in [0.2, 0.25) is 0 Å². The zero-order chi connectivity index (χ0) is 11.7. The molecule has 0 saturated heterocycles. The predicted octanol–water partition coefficient (Wildman–Crippen LogP) is 4.68. The lowest BCUT2D eigenvalue weighted by Gasteiger charge is -2.15. The number of halogens is 1. The number of nitrogens with zero attached hydrogens (tertiary/aromatic N) is 1. The van der Waals surface area contributed by atoms with Crippen LogP contribution in [-0.2, 0) is 0 Å². The molecule has 0 aliphatic carbocycles. The van der Waals surface area contributed by atoms with E-state index in [4.69, 9.17) is 4.99 Å². The van der Waals surface area contributed by atoms with E-state index in [0.717, 1.165) is 21.6 Å². The molecule has 0 spiro atoms. The first-order valence-corrected chi connectivity index (χ1v) is 7.16. The minimum absolute atomic E-state index is 0.938. The Morgan fingerprint density at radius 3 is 2.71 bits per heavy atom. The van der Waals surface area contributed by atoms with E-state index in [1.807, 2.05) is 23.9 Å². The molecule has 3 rings (SSSR count). The average molecular weight is 304 g/mol. The van der Waals surface area contributed by atoms with Gasteiger partial charge in [0.1, 0.15) is 0 Å². The van der Waals surface area contributed by atoms with E-state index >= 15 is 0 Å². The first-order chi connectivity index (χ1) is 8.33. The standard InChI is InChI=1S/C14H10BrNS/c15-11-6-7-12-14(8-11)17-9-13(16-12)10-4-2-1-3-5-10/h1-8H,9H2. The van der Waals surface area contributed by atoms with Gasteiger partial charge in [-0.05, 0) is 23.8 Å². The second-order valence-corrected chi connectivity index (χ2v) is 5.76. The number of rotatable bonds is 1. The molecular formula is C14H10BrNS. The first-order valence-electron chi connectivity index (χ1n) is 5.38. The van der Waals surface area contributed by atoms with Crippen molar-refractivity contribution in [3.8, 4) is 0 Å². The van der Waals surface area contributed by atoms with E-state index in [9.17, 15) is 0 Å². The monoisotopic (exact) mass is 303 g/mol. The fourth-order valence-corrected chi connectivity index (χ4v) is 3.31. The smallest absolute Gasteiger partial charge is 0.0770 e. The fraction of sp³-hybridized carbons (Fsp3) is 0.0714. The Morgan fingerprint density at radius 2 is 1.88 bits per heavy atom. The van der Waals surface area contributed by atoms with Crippen molar-refractivity contribution >= 4 is 39.1 Å². The van der Waals surface area contributed by atoms with Gasteiger partial charge in [0.05, 0.1) is 11.4 Å². The molecule has 0 aromatic heterocycles. The third kappa shape index (κ3) is 2.31. The fourth-order valence-electron chi connectivity index (χ4n) is 1.80. The zero-order valence-electron chi connectivity index (χ0n) is 9.06. The van der Waals surface area contributed by atoms with Crippen molar-refractivity contribution in [1.29, 1.82) is 0 Å².